The SMILES string of the molecule is Oc1ccc2nc(C3=CC=C(NC/C=C/I)CC3)sc2c1. The van der Waals surface area contributed by atoms with Gasteiger partial charge in [0, 0.05) is 12.2 Å². The molecule has 2 aromatic rings. The van der Waals surface area contributed by atoms with Gasteiger partial charge in [-0.25, -0.2) is 4.98 Å². The Morgan fingerprint density at radius 2 is 2.24 bits per heavy atom. The Hall–Kier alpha value is -1.34. The number of nitrogens with zero attached hydrogens (tertiary/aromatic N) is 1. The number of aromatic hydroxyl groups is 1. The lowest BCUT2D eigenvalue weighted by Crippen LogP contribution is -2.14. The molecule has 1 aliphatic carbocycles. The number of halogens is 1. The van der Waals surface area contributed by atoms with Crippen molar-refractivity contribution in [1.29, 1.82) is 0 Å². The average Bonchev–Trinajstić information content (AvgIpc) is 2.91. The van der Waals surface area contributed by atoms with Crippen LogP contribution in [-0.4, -0.2) is 16.6 Å². The summed E-state index contributed by atoms with van der Waals surface area (Å²) in [5.74, 6) is 0.296. The largest absolute Gasteiger partial charge is 0.508 e. The lowest BCUT2D eigenvalue weighted by molar-refractivity contribution is 0.476. The zero-order valence-electron chi connectivity index (χ0n) is 11.3. The van der Waals surface area contributed by atoms with Crippen LogP contribution in [0.25, 0.3) is 15.8 Å². The van der Waals surface area contributed by atoms with Crippen LogP contribution in [0.15, 0.2) is 46.2 Å². The summed E-state index contributed by atoms with van der Waals surface area (Å²) in [6.45, 7) is 0.873. The summed E-state index contributed by atoms with van der Waals surface area (Å²) >= 11 is 3.86. The van der Waals surface area contributed by atoms with Gasteiger partial charge in [-0.3, -0.25) is 0 Å². The summed E-state index contributed by atoms with van der Waals surface area (Å²) in [4.78, 5) is 4.66. The van der Waals surface area contributed by atoms with Crippen LogP contribution < -0.4 is 5.32 Å². The molecule has 0 spiro atoms. The zero-order valence-corrected chi connectivity index (χ0v) is 14.3. The van der Waals surface area contributed by atoms with Gasteiger partial charge < -0.3 is 10.4 Å². The van der Waals surface area contributed by atoms with Crippen molar-refractivity contribution in [2.24, 2.45) is 0 Å². The van der Waals surface area contributed by atoms with Crippen LogP contribution in [0.4, 0.5) is 0 Å². The van der Waals surface area contributed by atoms with Gasteiger partial charge in [-0.1, -0.05) is 34.7 Å². The smallest absolute Gasteiger partial charge is 0.120 e. The van der Waals surface area contributed by atoms with Crippen LogP contribution in [0.1, 0.15) is 17.8 Å². The Labute approximate surface area is 141 Å². The maximum Gasteiger partial charge on any atom is 0.120 e. The number of aromatic nitrogens is 1. The number of benzene rings is 1. The van der Waals surface area contributed by atoms with Gasteiger partial charge in [-0.05, 0) is 46.8 Å². The summed E-state index contributed by atoms with van der Waals surface area (Å²) in [5, 5.41) is 14.0. The minimum absolute atomic E-state index is 0.296. The molecule has 1 heterocycles. The molecule has 0 unspecified atom stereocenters. The quantitative estimate of drug-likeness (QED) is 0.725. The van der Waals surface area contributed by atoms with E-state index < -0.39 is 0 Å². The van der Waals surface area contributed by atoms with Crippen molar-refractivity contribution in [2.75, 3.05) is 6.54 Å². The number of fused-ring (bicyclic) bond motifs is 1. The third-order valence-electron chi connectivity index (χ3n) is 3.33. The highest BCUT2D eigenvalue weighted by Crippen LogP contribution is 2.33. The predicted molar refractivity (Wildman–Crippen MR) is 97.7 cm³/mol. The second kappa shape index (κ2) is 6.62. The van der Waals surface area contributed by atoms with Crippen molar-refractivity contribution in [2.45, 2.75) is 12.8 Å². The molecule has 1 aliphatic rings. The third kappa shape index (κ3) is 3.47. The molecule has 0 saturated heterocycles. The van der Waals surface area contributed by atoms with E-state index in [9.17, 15) is 5.11 Å². The Kier molecular flexibility index (Phi) is 4.60. The molecule has 1 aromatic carbocycles. The maximum atomic E-state index is 9.53. The van der Waals surface area contributed by atoms with E-state index in [1.807, 2.05) is 10.1 Å². The highest BCUT2D eigenvalue weighted by atomic mass is 127. The van der Waals surface area contributed by atoms with Gasteiger partial charge in [-0.15, -0.1) is 11.3 Å². The second-order valence-corrected chi connectivity index (χ2v) is 6.55. The second-order valence-electron chi connectivity index (χ2n) is 4.80. The fraction of sp³-hybridized carbons (Fsp3) is 0.188. The zero-order chi connectivity index (χ0) is 14.7. The first-order valence-corrected chi connectivity index (χ1v) is 8.81. The molecule has 0 fully saturated rings. The third-order valence-corrected chi connectivity index (χ3v) is 4.93. The minimum atomic E-state index is 0.296. The fourth-order valence-electron chi connectivity index (χ4n) is 2.25. The van der Waals surface area contributed by atoms with Crippen molar-refractivity contribution in [3.63, 3.8) is 0 Å². The molecule has 3 nitrogen and oxygen atoms in total. The number of thiazole rings is 1. The molecular formula is C16H15IN2OS. The first kappa shape index (κ1) is 14.6. The lowest BCUT2D eigenvalue weighted by atomic mass is 10.0. The first-order valence-electron chi connectivity index (χ1n) is 6.75. The molecule has 5 heteroatoms. The summed E-state index contributed by atoms with van der Waals surface area (Å²) in [5.41, 5.74) is 3.49. The monoisotopic (exact) mass is 410 g/mol. The van der Waals surface area contributed by atoms with E-state index in [1.165, 1.54) is 11.3 Å². The summed E-state index contributed by atoms with van der Waals surface area (Å²) in [7, 11) is 0. The molecule has 108 valence electrons. The Balaban J connectivity index is 1.80. The van der Waals surface area contributed by atoms with Gasteiger partial charge >= 0.3 is 0 Å². The number of phenolic OH excluding ortho intramolecular Hbond substituents is 1. The van der Waals surface area contributed by atoms with Crippen LogP contribution in [0.5, 0.6) is 5.75 Å². The molecule has 0 bridgehead atoms. The number of allylic oxidation sites excluding steroid dienone is 4. The molecule has 0 radical (unpaired) electrons. The van der Waals surface area contributed by atoms with Crippen LogP contribution in [-0.2, 0) is 0 Å². The normalized spacial score (nSPS) is 15.3. The highest BCUT2D eigenvalue weighted by molar-refractivity contribution is 14.1. The number of hydrogen-bond acceptors (Lipinski definition) is 4. The molecule has 0 saturated carbocycles. The van der Waals surface area contributed by atoms with Crippen molar-refractivity contribution >= 4 is 49.7 Å². The summed E-state index contributed by atoms with van der Waals surface area (Å²) in [6.07, 6.45) is 8.40. The molecule has 0 amide bonds. The standard InChI is InChI=1S/C16H15IN2OS/c17-8-1-9-18-12-4-2-11(3-5-12)16-19-14-7-6-13(20)10-15(14)21-16/h1-2,4,6-8,10,18,20H,3,5,9H2/b8-1+. The van der Waals surface area contributed by atoms with Gasteiger partial charge in [0.2, 0.25) is 0 Å². The van der Waals surface area contributed by atoms with Crippen molar-refractivity contribution in [3.05, 3.63) is 51.2 Å². The van der Waals surface area contributed by atoms with Crippen LogP contribution in [0, 0.1) is 0 Å². The van der Waals surface area contributed by atoms with Crippen LogP contribution in [0.3, 0.4) is 0 Å². The van der Waals surface area contributed by atoms with Gasteiger partial charge in [0.1, 0.15) is 10.8 Å². The molecule has 3 rings (SSSR count). The lowest BCUT2D eigenvalue weighted by Gasteiger charge is -2.14. The van der Waals surface area contributed by atoms with Gasteiger partial charge in [-0.2, -0.15) is 0 Å². The summed E-state index contributed by atoms with van der Waals surface area (Å²) in [6, 6.07) is 5.33. The van der Waals surface area contributed by atoms with Crippen molar-refractivity contribution < 1.29 is 5.11 Å². The number of hydrogen-bond donors (Lipinski definition) is 2. The van der Waals surface area contributed by atoms with Gasteiger partial charge in [0.25, 0.3) is 0 Å². The van der Waals surface area contributed by atoms with Crippen LogP contribution >= 0.6 is 33.9 Å². The first-order chi connectivity index (χ1) is 10.3. The van der Waals surface area contributed by atoms with Crippen LogP contribution in [0.2, 0.25) is 0 Å². The maximum absolute atomic E-state index is 9.53. The van der Waals surface area contributed by atoms with Crippen molar-refractivity contribution in [3.8, 4) is 5.75 Å². The molecule has 2 N–H and O–H groups in total. The van der Waals surface area contributed by atoms with E-state index in [1.54, 1.807) is 23.5 Å². The minimum Gasteiger partial charge on any atom is -0.508 e. The van der Waals surface area contributed by atoms with E-state index >= 15 is 0 Å². The molecule has 1 aromatic heterocycles. The van der Waals surface area contributed by atoms with Crippen molar-refractivity contribution in [1.82, 2.24) is 10.3 Å². The van der Waals surface area contributed by atoms with Gasteiger partial charge in [0.05, 0.1) is 10.2 Å². The van der Waals surface area contributed by atoms with E-state index in [2.05, 4.69) is 51.1 Å². The Bertz CT molecular complexity index is 746. The molecule has 21 heavy (non-hydrogen) atoms. The fourth-order valence-corrected chi connectivity index (χ4v) is 3.55. The predicted octanol–water partition coefficient (Wildman–Crippen LogP) is 4.60. The van der Waals surface area contributed by atoms with E-state index in [0.717, 1.165) is 34.6 Å². The topological polar surface area (TPSA) is 45.2 Å². The van der Waals surface area contributed by atoms with Gasteiger partial charge in [0.15, 0.2) is 0 Å². The number of nitrogens with one attached hydrogen (secondary N) is 1. The molecule has 0 aliphatic heterocycles. The van der Waals surface area contributed by atoms with E-state index in [0.29, 0.717) is 5.75 Å². The molecular weight excluding hydrogens is 395 g/mol. The van der Waals surface area contributed by atoms with E-state index in [4.69, 9.17) is 0 Å². The number of phenols is 1. The Morgan fingerprint density at radius 3 is 3.00 bits per heavy atom. The highest BCUT2D eigenvalue weighted by Gasteiger charge is 2.12. The Morgan fingerprint density at radius 1 is 1.33 bits per heavy atom. The average molecular weight is 410 g/mol. The molecule has 0 atom stereocenters. The summed E-state index contributed by atoms with van der Waals surface area (Å²) < 4.78 is 3.05. The van der Waals surface area contributed by atoms with E-state index in [-0.39, 0.29) is 0 Å². The number of rotatable bonds is 4.